The summed E-state index contributed by atoms with van der Waals surface area (Å²) in [4.78, 5) is 0. The van der Waals surface area contributed by atoms with Crippen LogP contribution in [0.3, 0.4) is 0 Å². The number of benzene rings is 1. The van der Waals surface area contributed by atoms with Gasteiger partial charge in [0, 0.05) is 11.6 Å². The number of aliphatic hydroxyl groups is 1. The Bertz CT molecular complexity index is 338. The highest BCUT2D eigenvalue weighted by atomic mass is 19.1. The van der Waals surface area contributed by atoms with E-state index < -0.39 is 0 Å². The van der Waals surface area contributed by atoms with Crippen molar-refractivity contribution in [2.45, 2.75) is 25.5 Å². The third kappa shape index (κ3) is 1.34. The van der Waals surface area contributed by atoms with E-state index in [9.17, 15) is 4.39 Å². The Labute approximate surface area is 76.2 Å². The van der Waals surface area contributed by atoms with Gasteiger partial charge in [-0.25, -0.2) is 4.39 Å². The number of nitrogens with two attached hydrogens (primary N) is 1. The first-order valence-corrected chi connectivity index (χ1v) is 4.40. The molecule has 0 radical (unpaired) electrons. The van der Waals surface area contributed by atoms with Gasteiger partial charge in [0.1, 0.15) is 5.82 Å². The molecular formula is C10H12FNO. The number of halogens is 1. The van der Waals surface area contributed by atoms with Crippen molar-refractivity contribution in [2.75, 3.05) is 0 Å². The van der Waals surface area contributed by atoms with Crippen LogP contribution >= 0.6 is 0 Å². The molecule has 0 heterocycles. The summed E-state index contributed by atoms with van der Waals surface area (Å²) in [6.45, 7) is -0.258. The minimum Gasteiger partial charge on any atom is -0.392 e. The molecule has 0 bridgehead atoms. The Morgan fingerprint density at radius 3 is 3.00 bits per heavy atom. The summed E-state index contributed by atoms with van der Waals surface area (Å²) < 4.78 is 13.2. The van der Waals surface area contributed by atoms with Gasteiger partial charge in [0.15, 0.2) is 0 Å². The predicted octanol–water partition coefficient (Wildman–Crippen LogP) is 1.26. The van der Waals surface area contributed by atoms with Gasteiger partial charge in [0.25, 0.3) is 0 Å². The second-order valence-electron chi connectivity index (χ2n) is 3.45. The lowest BCUT2D eigenvalue weighted by Crippen LogP contribution is -2.06. The molecule has 13 heavy (non-hydrogen) atoms. The maximum Gasteiger partial charge on any atom is 0.129 e. The number of aryl methyl sites for hydroxylation is 1. The Hall–Kier alpha value is -0.930. The van der Waals surface area contributed by atoms with Gasteiger partial charge in [-0.3, -0.25) is 0 Å². The van der Waals surface area contributed by atoms with E-state index >= 15 is 0 Å². The normalized spacial score (nSPS) is 20.4. The molecule has 3 heteroatoms. The minimum atomic E-state index is -0.324. The molecule has 2 nitrogen and oxygen atoms in total. The van der Waals surface area contributed by atoms with Gasteiger partial charge in [-0.1, -0.05) is 0 Å². The van der Waals surface area contributed by atoms with Gasteiger partial charge < -0.3 is 10.8 Å². The van der Waals surface area contributed by atoms with Crippen molar-refractivity contribution in [3.05, 3.63) is 34.6 Å². The fourth-order valence-electron chi connectivity index (χ4n) is 1.83. The largest absolute Gasteiger partial charge is 0.392 e. The summed E-state index contributed by atoms with van der Waals surface area (Å²) in [6, 6.07) is 3.19. The smallest absolute Gasteiger partial charge is 0.129 e. The Balaban J connectivity index is 2.51. The SMILES string of the molecule is N[C@H]1CCc2cc(F)c(CO)cc21. The van der Waals surface area contributed by atoms with Crippen LogP contribution in [0.15, 0.2) is 12.1 Å². The van der Waals surface area contributed by atoms with Crippen LogP contribution in [0.25, 0.3) is 0 Å². The second kappa shape index (κ2) is 3.09. The summed E-state index contributed by atoms with van der Waals surface area (Å²) in [5, 5.41) is 8.86. The molecule has 0 unspecified atom stereocenters. The molecule has 0 saturated carbocycles. The molecule has 1 aliphatic rings. The maximum absolute atomic E-state index is 13.2. The number of hydrogen-bond donors (Lipinski definition) is 2. The third-order valence-corrected chi connectivity index (χ3v) is 2.60. The molecule has 1 aliphatic carbocycles. The molecule has 3 N–H and O–H groups in total. The van der Waals surface area contributed by atoms with Crippen LogP contribution in [0.4, 0.5) is 4.39 Å². The van der Waals surface area contributed by atoms with E-state index in [-0.39, 0.29) is 18.5 Å². The highest BCUT2D eigenvalue weighted by molar-refractivity contribution is 5.38. The van der Waals surface area contributed by atoms with Gasteiger partial charge in [0.2, 0.25) is 0 Å². The standard InChI is InChI=1S/C10H12FNO/c11-9-4-6-1-2-10(12)8(6)3-7(9)5-13/h3-4,10,13H,1-2,5,12H2/t10-/m0/s1. The fourth-order valence-corrected chi connectivity index (χ4v) is 1.83. The summed E-state index contributed by atoms with van der Waals surface area (Å²) >= 11 is 0. The molecule has 0 saturated heterocycles. The fraction of sp³-hybridized carbons (Fsp3) is 0.400. The summed E-state index contributed by atoms with van der Waals surface area (Å²) in [6.07, 6.45) is 1.72. The van der Waals surface area contributed by atoms with Gasteiger partial charge >= 0.3 is 0 Å². The highest BCUT2D eigenvalue weighted by Gasteiger charge is 2.20. The topological polar surface area (TPSA) is 46.2 Å². The molecule has 2 rings (SSSR count). The van der Waals surface area contributed by atoms with Crippen LogP contribution in [0.1, 0.15) is 29.2 Å². The van der Waals surface area contributed by atoms with Crippen molar-refractivity contribution in [3.63, 3.8) is 0 Å². The Kier molecular flexibility index (Phi) is 2.06. The molecule has 0 aromatic heterocycles. The van der Waals surface area contributed by atoms with Gasteiger partial charge in [0.05, 0.1) is 6.61 Å². The average Bonchev–Trinajstić information content (AvgIpc) is 2.46. The third-order valence-electron chi connectivity index (χ3n) is 2.60. The maximum atomic E-state index is 13.2. The molecule has 0 spiro atoms. The van der Waals surface area contributed by atoms with Crippen molar-refractivity contribution >= 4 is 0 Å². The lowest BCUT2D eigenvalue weighted by Gasteiger charge is -2.07. The first-order valence-electron chi connectivity index (χ1n) is 4.40. The van der Waals surface area contributed by atoms with E-state index in [1.807, 2.05) is 0 Å². The minimum absolute atomic E-state index is 0.0147. The zero-order valence-electron chi connectivity index (χ0n) is 7.26. The zero-order valence-corrected chi connectivity index (χ0v) is 7.26. The molecular weight excluding hydrogens is 169 g/mol. The van der Waals surface area contributed by atoms with E-state index in [2.05, 4.69) is 0 Å². The van der Waals surface area contributed by atoms with Crippen LogP contribution in [0, 0.1) is 5.82 Å². The van der Waals surface area contributed by atoms with E-state index in [0.29, 0.717) is 5.56 Å². The summed E-state index contributed by atoms with van der Waals surface area (Å²) in [7, 11) is 0. The van der Waals surface area contributed by atoms with Gasteiger partial charge in [-0.2, -0.15) is 0 Å². The first kappa shape index (κ1) is 8.66. The zero-order chi connectivity index (χ0) is 9.42. The van der Waals surface area contributed by atoms with Gasteiger partial charge in [-0.15, -0.1) is 0 Å². The van der Waals surface area contributed by atoms with E-state index in [0.717, 1.165) is 24.0 Å². The number of aliphatic hydroxyl groups excluding tert-OH is 1. The molecule has 70 valence electrons. The average molecular weight is 181 g/mol. The van der Waals surface area contributed by atoms with Gasteiger partial charge in [-0.05, 0) is 36.1 Å². The molecule has 0 amide bonds. The second-order valence-corrected chi connectivity index (χ2v) is 3.45. The van der Waals surface area contributed by atoms with Crippen LogP contribution in [0.2, 0.25) is 0 Å². The van der Waals surface area contributed by atoms with Crippen molar-refractivity contribution in [1.82, 2.24) is 0 Å². The van der Waals surface area contributed by atoms with Crippen LogP contribution in [-0.2, 0) is 13.0 Å². The van der Waals surface area contributed by atoms with Crippen molar-refractivity contribution in [3.8, 4) is 0 Å². The van der Waals surface area contributed by atoms with Crippen LogP contribution in [-0.4, -0.2) is 5.11 Å². The van der Waals surface area contributed by atoms with E-state index in [1.54, 1.807) is 6.07 Å². The monoisotopic (exact) mass is 181 g/mol. The molecule has 0 aliphatic heterocycles. The Morgan fingerprint density at radius 2 is 2.31 bits per heavy atom. The van der Waals surface area contributed by atoms with E-state index in [4.69, 9.17) is 10.8 Å². The number of hydrogen-bond acceptors (Lipinski definition) is 2. The summed E-state index contributed by atoms with van der Waals surface area (Å²) in [5.74, 6) is -0.324. The molecule has 1 aromatic rings. The lowest BCUT2D eigenvalue weighted by molar-refractivity contribution is 0.275. The predicted molar refractivity (Wildman–Crippen MR) is 47.6 cm³/mol. The van der Waals surface area contributed by atoms with Crippen molar-refractivity contribution in [1.29, 1.82) is 0 Å². The molecule has 1 atom stereocenters. The van der Waals surface area contributed by atoms with Crippen molar-refractivity contribution in [2.24, 2.45) is 5.73 Å². The summed E-state index contributed by atoms with van der Waals surface area (Å²) in [5.41, 5.74) is 8.14. The van der Waals surface area contributed by atoms with E-state index in [1.165, 1.54) is 6.07 Å². The van der Waals surface area contributed by atoms with Crippen LogP contribution in [0.5, 0.6) is 0 Å². The molecule has 0 fully saturated rings. The van der Waals surface area contributed by atoms with Crippen LogP contribution < -0.4 is 5.73 Å². The lowest BCUT2D eigenvalue weighted by atomic mass is 10.0. The number of rotatable bonds is 1. The Morgan fingerprint density at radius 1 is 1.54 bits per heavy atom. The molecule has 1 aromatic carbocycles. The number of fused-ring (bicyclic) bond motifs is 1. The van der Waals surface area contributed by atoms with Crippen molar-refractivity contribution < 1.29 is 9.50 Å². The first-order chi connectivity index (χ1) is 6.22. The highest BCUT2D eigenvalue weighted by Crippen LogP contribution is 2.31. The quantitative estimate of drug-likeness (QED) is 0.685.